The van der Waals surface area contributed by atoms with E-state index in [1.807, 2.05) is 24.3 Å². The Morgan fingerprint density at radius 3 is 2.70 bits per heavy atom. The fraction of sp³-hybridized carbons (Fsp3) is 0.417. The first-order valence-corrected chi connectivity index (χ1v) is 10.8. The second kappa shape index (κ2) is 9.87. The Morgan fingerprint density at radius 1 is 1.07 bits per heavy atom. The summed E-state index contributed by atoms with van der Waals surface area (Å²) in [5.74, 6) is 0. The first-order chi connectivity index (χ1) is 14.7. The third-order valence-electron chi connectivity index (χ3n) is 5.78. The highest BCUT2D eigenvalue weighted by Gasteiger charge is 2.11. The molecule has 0 atom stereocenters. The number of morpholine rings is 1. The summed E-state index contributed by atoms with van der Waals surface area (Å²) in [5, 5.41) is 12.1. The molecule has 6 heteroatoms. The molecule has 6 nitrogen and oxygen atoms in total. The fourth-order valence-electron chi connectivity index (χ4n) is 3.98. The molecule has 2 aromatic carbocycles. The minimum Gasteiger partial charge on any atom is -0.385 e. The van der Waals surface area contributed by atoms with Gasteiger partial charge in [-0.15, -0.1) is 0 Å². The lowest BCUT2D eigenvalue weighted by molar-refractivity contribution is 0.0372. The number of aromatic nitrogens is 2. The summed E-state index contributed by atoms with van der Waals surface area (Å²) in [6, 6.07) is 13.9. The number of hydrogen-bond acceptors (Lipinski definition) is 5. The molecule has 0 amide bonds. The fourth-order valence-corrected chi connectivity index (χ4v) is 3.98. The Bertz CT molecular complexity index is 1040. The van der Waals surface area contributed by atoms with E-state index in [1.165, 1.54) is 24.9 Å². The van der Waals surface area contributed by atoms with Crippen molar-refractivity contribution in [1.29, 1.82) is 0 Å². The van der Waals surface area contributed by atoms with Crippen molar-refractivity contribution in [3.8, 4) is 11.3 Å². The summed E-state index contributed by atoms with van der Waals surface area (Å²) >= 11 is 0. The highest BCUT2D eigenvalue weighted by molar-refractivity contribution is 5.94. The van der Waals surface area contributed by atoms with Crippen LogP contribution in [0.1, 0.15) is 24.8 Å². The van der Waals surface area contributed by atoms with E-state index in [-0.39, 0.29) is 5.56 Å². The van der Waals surface area contributed by atoms with Crippen LogP contribution in [-0.2, 0) is 4.74 Å². The Balaban J connectivity index is 1.37. The van der Waals surface area contributed by atoms with Crippen molar-refractivity contribution < 1.29 is 4.74 Å². The van der Waals surface area contributed by atoms with Gasteiger partial charge in [0.15, 0.2) is 0 Å². The SMILES string of the molecule is Cc1ccc(-c2n[nH]c(=O)c3ccccc23)cc1NCCCCCN1CCOCC1. The molecule has 0 saturated carbocycles. The topological polar surface area (TPSA) is 70.2 Å². The minimum atomic E-state index is -0.156. The first kappa shape index (κ1) is 20.6. The van der Waals surface area contributed by atoms with Crippen molar-refractivity contribution >= 4 is 16.5 Å². The molecule has 0 unspecified atom stereocenters. The number of H-pyrrole nitrogens is 1. The Kier molecular flexibility index (Phi) is 6.77. The molecule has 3 aromatic rings. The highest BCUT2D eigenvalue weighted by Crippen LogP contribution is 2.28. The van der Waals surface area contributed by atoms with E-state index in [4.69, 9.17) is 4.74 Å². The molecule has 2 heterocycles. The predicted molar refractivity (Wildman–Crippen MR) is 122 cm³/mol. The predicted octanol–water partition coefficient (Wildman–Crippen LogP) is 3.81. The number of unbranched alkanes of at least 4 members (excludes halogenated alkanes) is 2. The molecule has 1 aliphatic rings. The van der Waals surface area contributed by atoms with Gasteiger partial charge < -0.3 is 10.1 Å². The number of ether oxygens (including phenoxy) is 1. The van der Waals surface area contributed by atoms with Crippen molar-refractivity contribution in [1.82, 2.24) is 15.1 Å². The smallest absolute Gasteiger partial charge is 0.272 e. The number of benzene rings is 2. The van der Waals surface area contributed by atoms with Gasteiger partial charge in [0, 0.05) is 36.3 Å². The summed E-state index contributed by atoms with van der Waals surface area (Å²) in [6.07, 6.45) is 3.59. The number of nitrogens with one attached hydrogen (secondary N) is 2. The maximum Gasteiger partial charge on any atom is 0.272 e. The molecule has 158 valence electrons. The lowest BCUT2D eigenvalue weighted by atomic mass is 10.0. The number of nitrogens with zero attached hydrogens (tertiary/aromatic N) is 2. The third-order valence-corrected chi connectivity index (χ3v) is 5.78. The second-order valence-corrected chi connectivity index (χ2v) is 7.92. The maximum atomic E-state index is 12.1. The molecular weight excluding hydrogens is 376 g/mol. The summed E-state index contributed by atoms with van der Waals surface area (Å²) < 4.78 is 5.40. The number of fused-ring (bicyclic) bond motifs is 1. The van der Waals surface area contributed by atoms with E-state index in [0.717, 1.165) is 61.6 Å². The van der Waals surface area contributed by atoms with E-state index < -0.39 is 0 Å². The zero-order valence-electron chi connectivity index (χ0n) is 17.6. The van der Waals surface area contributed by atoms with Crippen LogP contribution in [0.15, 0.2) is 47.3 Å². The standard InChI is InChI=1S/C24H30N4O2/c1-18-9-10-19(23-20-7-3-4-8-21(20)24(29)27-26-23)17-22(18)25-11-5-2-6-12-28-13-15-30-16-14-28/h3-4,7-10,17,25H,2,5-6,11-16H2,1H3,(H,27,29). The monoisotopic (exact) mass is 406 g/mol. The Hall–Kier alpha value is -2.70. The number of aromatic amines is 1. The van der Waals surface area contributed by atoms with Crippen LogP contribution < -0.4 is 10.9 Å². The van der Waals surface area contributed by atoms with Crippen molar-refractivity contribution in [2.45, 2.75) is 26.2 Å². The van der Waals surface area contributed by atoms with Crippen molar-refractivity contribution in [2.75, 3.05) is 44.7 Å². The van der Waals surface area contributed by atoms with E-state index in [2.05, 4.69) is 45.5 Å². The van der Waals surface area contributed by atoms with Gasteiger partial charge in [0.2, 0.25) is 0 Å². The maximum absolute atomic E-state index is 12.1. The number of hydrogen-bond donors (Lipinski definition) is 2. The number of anilines is 1. The first-order valence-electron chi connectivity index (χ1n) is 10.8. The molecule has 1 aliphatic heterocycles. The van der Waals surface area contributed by atoms with Crippen LogP contribution in [0.25, 0.3) is 22.0 Å². The normalized spacial score (nSPS) is 14.8. The van der Waals surface area contributed by atoms with Crippen LogP contribution in [0, 0.1) is 6.92 Å². The lowest BCUT2D eigenvalue weighted by Gasteiger charge is -2.26. The van der Waals surface area contributed by atoms with Gasteiger partial charge in [-0.3, -0.25) is 9.69 Å². The molecule has 1 fully saturated rings. The minimum absolute atomic E-state index is 0.156. The lowest BCUT2D eigenvalue weighted by Crippen LogP contribution is -2.36. The summed E-state index contributed by atoms with van der Waals surface area (Å²) in [6.45, 7) is 8.11. The van der Waals surface area contributed by atoms with E-state index in [0.29, 0.717) is 5.39 Å². The molecule has 1 saturated heterocycles. The molecule has 0 radical (unpaired) electrons. The molecule has 0 aliphatic carbocycles. The van der Waals surface area contributed by atoms with Crippen LogP contribution in [0.5, 0.6) is 0 Å². The highest BCUT2D eigenvalue weighted by atomic mass is 16.5. The van der Waals surface area contributed by atoms with Crippen molar-refractivity contribution in [3.05, 3.63) is 58.4 Å². The summed E-state index contributed by atoms with van der Waals surface area (Å²) in [4.78, 5) is 14.6. The van der Waals surface area contributed by atoms with Crippen molar-refractivity contribution in [2.24, 2.45) is 0 Å². The molecule has 1 aromatic heterocycles. The molecule has 2 N–H and O–H groups in total. The van der Waals surface area contributed by atoms with Crippen LogP contribution in [-0.4, -0.2) is 54.5 Å². The molecular formula is C24H30N4O2. The average Bonchev–Trinajstić information content (AvgIpc) is 2.78. The average molecular weight is 407 g/mol. The summed E-state index contributed by atoms with van der Waals surface area (Å²) in [7, 11) is 0. The molecule has 30 heavy (non-hydrogen) atoms. The third kappa shape index (κ3) is 4.89. The van der Waals surface area contributed by atoms with E-state index >= 15 is 0 Å². The molecule has 0 bridgehead atoms. The van der Waals surface area contributed by atoms with Gasteiger partial charge in [-0.25, -0.2) is 5.10 Å². The van der Waals surface area contributed by atoms with Gasteiger partial charge in [0.1, 0.15) is 0 Å². The van der Waals surface area contributed by atoms with Gasteiger partial charge in [-0.1, -0.05) is 36.8 Å². The molecule has 4 rings (SSSR count). The van der Waals surface area contributed by atoms with E-state index in [9.17, 15) is 4.79 Å². The van der Waals surface area contributed by atoms with Gasteiger partial charge in [-0.2, -0.15) is 5.10 Å². The van der Waals surface area contributed by atoms with Crippen molar-refractivity contribution in [3.63, 3.8) is 0 Å². The quantitative estimate of drug-likeness (QED) is 0.557. The summed E-state index contributed by atoms with van der Waals surface area (Å²) in [5.41, 5.74) is 3.98. The number of aryl methyl sites for hydroxylation is 1. The van der Waals surface area contributed by atoms with E-state index in [1.54, 1.807) is 0 Å². The van der Waals surface area contributed by atoms with Gasteiger partial charge in [0.05, 0.1) is 24.3 Å². The van der Waals surface area contributed by atoms with Crippen LogP contribution in [0.3, 0.4) is 0 Å². The van der Waals surface area contributed by atoms with Crippen LogP contribution in [0.2, 0.25) is 0 Å². The van der Waals surface area contributed by atoms with Crippen LogP contribution in [0.4, 0.5) is 5.69 Å². The van der Waals surface area contributed by atoms with Gasteiger partial charge in [0.25, 0.3) is 5.56 Å². The molecule has 0 spiro atoms. The number of rotatable bonds is 8. The zero-order chi connectivity index (χ0) is 20.8. The Morgan fingerprint density at radius 2 is 1.87 bits per heavy atom. The Labute approximate surface area is 177 Å². The van der Waals surface area contributed by atoms with Gasteiger partial charge in [-0.05, 0) is 44.0 Å². The van der Waals surface area contributed by atoms with Gasteiger partial charge >= 0.3 is 0 Å². The second-order valence-electron chi connectivity index (χ2n) is 7.92. The largest absolute Gasteiger partial charge is 0.385 e. The zero-order valence-corrected chi connectivity index (χ0v) is 17.6. The van der Waals surface area contributed by atoms with Crippen LogP contribution >= 0.6 is 0 Å².